The quantitative estimate of drug-likeness (QED) is 0.820. The van der Waals surface area contributed by atoms with E-state index >= 15 is 0 Å². The molecular formula is C12H13FN4O. The summed E-state index contributed by atoms with van der Waals surface area (Å²) < 4.78 is 15.1. The molecule has 2 heterocycles. The Morgan fingerprint density at radius 3 is 2.89 bits per heavy atom. The maximum absolute atomic E-state index is 13.4. The number of pyridine rings is 1. The normalized spacial score (nSPS) is 10.4. The third-order valence-electron chi connectivity index (χ3n) is 2.53. The molecule has 0 saturated heterocycles. The predicted molar refractivity (Wildman–Crippen MR) is 63.2 cm³/mol. The lowest BCUT2D eigenvalue weighted by atomic mass is 10.2. The molecule has 0 saturated carbocycles. The van der Waals surface area contributed by atoms with Crippen molar-refractivity contribution in [2.45, 2.75) is 6.54 Å². The number of hydrogen-bond donors (Lipinski definition) is 0. The fourth-order valence-corrected chi connectivity index (χ4v) is 1.65. The smallest absolute Gasteiger partial charge is 0.256 e. The minimum Gasteiger partial charge on any atom is -0.337 e. The van der Waals surface area contributed by atoms with Gasteiger partial charge in [0.15, 0.2) is 5.82 Å². The van der Waals surface area contributed by atoms with Gasteiger partial charge in [0.1, 0.15) is 0 Å². The van der Waals surface area contributed by atoms with E-state index in [-0.39, 0.29) is 11.5 Å². The Morgan fingerprint density at radius 1 is 1.50 bits per heavy atom. The summed E-state index contributed by atoms with van der Waals surface area (Å²) in [5.41, 5.74) is 0.916. The minimum atomic E-state index is -0.611. The summed E-state index contributed by atoms with van der Waals surface area (Å²) >= 11 is 0. The zero-order valence-electron chi connectivity index (χ0n) is 10.2. The molecule has 2 aromatic rings. The predicted octanol–water partition coefficient (Wildman–Crippen LogP) is 1.23. The van der Waals surface area contributed by atoms with Crippen molar-refractivity contribution in [3.63, 3.8) is 0 Å². The molecular weight excluding hydrogens is 235 g/mol. The molecule has 0 aliphatic rings. The van der Waals surface area contributed by atoms with Crippen molar-refractivity contribution in [2.24, 2.45) is 7.05 Å². The van der Waals surface area contributed by atoms with Crippen LogP contribution in [0.2, 0.25) is 0 Å². The van der Waals surface area contributed by atoms with Crippen molar-refractivity contribution in [3.8, 4) is 0 Å². The third kappa shape index (κ3) is 2.53. The van der Waals surface area contributed by atoms with Crippen molar-refractivity contribution >= 4 is 5.91 Å². The zero-order chi connectivity index (χ0) is 13.1. The molecule has 2 rings (SSSR count). The van der Waals surface area contributed by atoms with E-state index in [1.807, 2.05) is 6.20 Å². The van der Waals surface area contributed by atoms with Crippen LogP contribution in [-0.2, 0) is 13.6 Å². The van der Waals surface area contributed by atoms with Gasteiger partial charge in [0, 0.05) is 38.6 Å². The van der Waals surface area contributed by atoms with Crippen molar-refractivity contribution in [1.82, 2.24) is 19.7 Å². The number of halogens is 1. The highest BCUT2D eigenvalue weighted by atomic mass is 19.1. The first-order valence-corrected chi connectivity index (χ1v) is 5.40. The molecule has 0 atom stereocenters. The molecule has 6 heteroatoms. The standard InChI is InChI=1S/C12H13FN4O/c1-16(7-9-5-15-17(2)8-9)12(18)10-3-4-14-6-11(10)13/h3-6,8H,7H2,1-2H3. The Bertz CT molecular complexity index is 567. The van der Waals surface area contributed by atoms with E-state index in [9.17, 15) is 9.18 Å². The fraction of sp³-hybridized carbons (Fsp3) is 0.250. The monoisotopic (exact) mass is 248 g/mol. The van der Waals surface area contributed by atoms with Gasteiger partial charge in [-0.25, -0.2) is 4.39 Å². The second-order valence-electron chi connectivity index (χ2n) is 4.04. The molecule has 0 aromatic carbocycles. The number of aromatic nitrogens is 3. The van der Waals surface area contributed by atoms with Gasteiger partial charge in [0.2, 0.25) is 0 Å². The van der Waals surface area contributed by atoms with E-state index in [2.05, 4.69) is 10.1 Å². The first-order chi connectivity index (χ1) is 8.58. The van der Waals surface area contributed by atoms with Crippen LogP contribution in [0, 0.1) is 5.82 Å². The van der Waals surface area contributed by atoms with Gasteiger partial charge in [-0.15, -0.1) is 0 Å². The fourth-order valence-electron chi connectivity index (χ4n) is 1.65. The van der Waals surface area contributed by atoms with Crippen LogP contribution in [0.25, 0.3) is 0 Å². The molecule has 0 aliphatic carbocycles. The van der Waals surface area contributed by atoms with Crippen LogP contribution < -0.4 is 0 Å². The number of rotatable bonds is 3. The number of aryl methyl sites for hydroxylation is 1. The number of carbonyl (C=O) groups excluding carboxylic acids is 1. The average Bonchev–Trinajstić information content (AvgIpc) is 2.74. The lowest BCUT2D eigenvalue weighted by molar-refractivity contribution is 0.0780. The summed E-state index contributed by atoms with van der Waals surface area (Å²) in [5, 5.41) is 4.01. The molecule has 0 spiro atoms. The van der Waals surface area contributed by atoms with Crippen LogP contribution in [0.15, 0.2) is 30.9 Å². The first kappa shape index (κ1) is 12.2. The van der Waals surface area contributed by atoms with Crippen molar-refractivity contribution < 1.29 is 9.18 Å². The topological polar surface area (TPSA) is 51.0 Å². The third-order valence-corrected chi connectivity index (χ3v) is 2.53. The van der Waals surface area contributed by atoms with Crippen LogP contribution in [0.3, 0.4) is 0 Å². The zero-order valence-corrected chi connectivity index (χ0v) is 10.2. The second kappa shape index (κ2) is 4.95. The van der Waals surface area contributed by atoms with Crippen LogP contribution in [0.5, 0.6) is 0 Å². The molecule has 94 valence electrons. The van der Waals surface area contributed by atoms with Crippen molar-refractivity contribution in [3.05, 3.63) is 47.8 Å². The van der Waals surface area contributed by atoms with Crippen molar-refractivity contribution in [2.75, 3.05) is 7.05 Å². The van der Waals surface area contributed by atoms with Gasteiger partial charge in [-0.05, 0) is 6.07 Å². The van der Waals surface area contributed by atoms with Crippen LogP contribution in [-0.4, -0.2) is 32.6 Å². The van der Waals surface area contributed by atoms with E-state index in [0.29, 0.717) is 6.54 Å². The molecule has 0 fully saturated rings. The summed E-state index contributed by atoms with van der Waals surface area (Å²) in [7, 11) is 3.42. The molecule has 0 N–H and O–H groups in total. The summed E-state index contributed by atoms with van der Waals surface area (Å²) in [4.78, 5) is 17.1. The van der Waals surface area contributed by atoms with Crippen molar-refractivity contribution in [1.29, 1.82) is 0 Å². The van der Waals surface area contributed by atoms with Gasteiger partial charge in [0.05, 0.1) is 18.0 Å². The Balaban J connectivity index is 2.12. The molecule has 18 heavy (non-hydrogen) atoms. The summed E-state index contributed by atoms with van der Waals surface area (Å²) in [6.45, 7) is 0.383. The maximum Gasteiger partial charge on any atom is 0.256 e. The first-order valence-electron chi connectivity index (χ1n) is 5.40. The van der Waals surface area contributed by atoms with Crippen LogP contribution in [0.4, 0.5) is 4.39 Å². The Hall–Kier alpha value is -2.24. The van der Waals surface area contributed by atoms with Gasteiger partial charge in [0.25, 0.3) is 5.91 Å². The minimum absolute atomic E-state index is 0.0244. The highest BCUT2D eigenvalue weighted by molar-refractivity contribution is 5.94. The van der Waals surface area contributed by atoms with Crippen LogP contribution >= 0.6 is 0 Å². The lowest BCUT2D eigenvalue weighted by Gasteiger charge is -2.16. The molecule has 0 aliphatic heterocycles. The van der Waals surface area contributed by atoms with Gasteiger partial charge in [-0.1, -0.05) is 0 Å². The lowest BCUT2D eigenvalue weighted by Crippen LogP contribution is -2.26. The molecule has 0 bridgehead atoms. The second-order valence-corrected chi connectivity index (χ2v) is 4.04. The van der Waals surface area contributed by atoms with Gasteiger partial charge < -0.3 is 4.90 Å². The molecule has 0 radical (unpaired) electrons. The summed E-state index contributed by atoms with van der Waals surface area (Å²) in [5.74, 6) is -0.987. The molecule has 5 nitrogen and oxygen atoms in total. The number of nitrogens with zero attached hydrogens (tertiary/aromatic N) is 4. The van der Waals surface area contributed by atoms with E-state index in [4.69, 9.17) is 0 Å². The van der Waals surface area contributed by atoms with Gasteiger partial charge in [-0.2, -0.15) is 5.10 Å². The molecule has 0 unspecified atom stereocenters. The SMILES string of the molecule is CN(Cc1cnn(C)c1)C(=O)c1ccncc1F. The highest BCUT2D eigenvalue weighted by Crippen LogP contribution is 2.10. The largest absolute Gasteiger partial charge is 0.337 e. The summed E-state index contributed by atoms with van der Waals surface area (Å²) in [6, 6.07) is 1.37. The van der Waals surface area contributed by atoms with Crippen LogP contribution in [0.1, 0.15) is 15.9 Å². The highest BCUT2D eigenvalue weighted by Gasteiger charge is 2.16. The number of amides is 1. The summed E-state index contributed by atoms with van der Waals surface area (Å²) in [6.07, 6.45) is 5.92. The molecule has 1 amide bonds. The Labute approximate surface area is 104 Å². The van der Waals surface area contributed by atoms with E-state index in [1.165, 1.54) is 17.2 Å². The molecule has 2 aromatic heterocycles. The number of carbonyl (C=O) groups is 1. The number of hydrogen-bond acceptors (Lipinski definition) is 3. The maximum atomic E-state index is 13.4. The van der Waals surface area contributed by atoms with E-state index in [1.54, 1.807) is 25.0 Å². The van der Waals surface area contributed by atoms with Gasteiger partial charge in [-0.3, -0.25) is 14.5 Å². The average molecular weight is 248 g/mol. The van der Waals surface area contributed by atoms with E-state index in [0.717, 1.165) is 11.8 Å². The Morgan fingerprint density at radius 2 is 2.28 bits per heavy atom. The van der Waals surface area contributed by atoms with E-state index < -0.39 is 5.82 Å². The Kier molecular flexibility index (Phi) is 3.36. The van der Waals surface area contributed by atoms with Gasteiger partial charge >= 0.3 is 0 Å².